The van der Waals surface area contributed by atoms with E-state index in [1.54, 1.807) is 0 Å². The molecule has 1 saturated carbocycles. The molecule has 0 amide bonds. The number of nitrogens with zero attached hydrogens (tertiary/aromatic N) is 1. The van der Waals surface area contributed by atoms with Crippen LogP contribution < -0.4 is 0 Å². The first-order valence-corrected chi connectivity index (χ1v) is 2.99. The van der Waals surface area contributed by atoms with E-state index in [0.717, 1.165) is 0 Å². The van der Waals surface area contributed by atoms with Crippen LogP contribution in [0.5, 0.6) is 0 Å². The highest BCUT2D eigenvalue weighted by molar-refractivity contribution is 4.75. The third kappa shape index (κ3) is 1.17. The van der Waals surface area contributed by atoms with Crippen LogP contribution in [0.25, 0.3) is 0 Å². The number of hydrogen-bond acceptors (Lipinski definition) is 2. The predicted molar refractivity (Wildman–Crippen MR) is 29.5 cm³/mol. The largest absolute Gasteiger partial charge is 0.264 e. The molecule has 1 fully saturated rings. The lowest BCUT2D eigenvalue weighted by molar-refractivity contribution is -0.527. The van der Waals surface area contributed by atoms with E-state index >= 15 is 0 Å². The van der Waals surface area contributed by atoms with E-state index in [-0.39, 0.29) is 0 Å². The van der Waals surface area contributed by atoms with Crippen molar-refractivity contribution in [3.8, 4) is 0 Å². The maximum atomic E-state index is 12.4. The zero-order valence-corrected chi connectivity index (χ0v) is 4.92. The van der Waals surface area contributed by atoms with Gasteiger partial charge in [-0.3, -0.25) is 10.1 Å². The van der Waals surface area contributed by atoms with E-state index < -0.39 is 17.1 Å². The molecule has 0 radical (unpaired) electrons. The molecular formula is C5H8FNO2. The first-order chi connectivity index (χ1) is 4.22. The second kappa shape index (κ2) is 2.29. The van der Waals surface area contributed by atoms with Gasteiger partial charge in [0.05, 0.1) is 0 Å². The Labute approximate surface area is 52.0 Å². The minimum absolute atomic E-state index is 0.367. The zero-order valence-electron chi connectivity index (χ0n) is 4.92. The molecule has 0 bridgehead atoms. The second-order valence-electron chi connectivity index (χ2n) is 2.30. The first-order valence-electron chi connectivity index (χ1n) is 2.99. The summed E-state index contributed by atoms with van der Waals surface area (Å²) < 4.78 is 12.4. The zero-order chi connectivity index (χ0) is 6.85. The van der Waals surface area contributed by atoms with Crippen LogP contribution in [-0.2, 0) is 0 Å². The monoisotopic (exact) mass is 133 g/mol. The highest BCUT2D eigenvalue weighted by Crippen LogP contribution is 2.23. The Hall–Kier alpha value is -0.670. The van der Waals surface area contributed by atoms with Crippen LogP contribution in [-0.4, -0.2) is 17.1 Å². The Morgan fingerprint density at radius 1 is 1.56 bits per heavy atom. The molecule has 0 aromatic heterocycles. The minimum atomic E-state index is -1.19. The van der Waals surface area contributed by atoms with Crippen molar-refractivity contribution in [2.24, 2.45) is 0 Å². The maximum Gasteiger partial charge on any atom is 0.243 e. The highest BCUT2D eigenvalue weighted by Gasteiger charge is 2.36. The van der Waals surface area contributed by atoms with E-state index in [2.05, 4.69) is 0 Å². The Morgan fingerprint density at radius 3 is 2.44 bits per heavy atom. The van der Waals surface area contributed by atoms with Gasteiger partial charge in [0, 0.05) is 11.3 Å². The van der Waals surface area contributed by atoms with Crippen molar-refractivity contribution in [3.63, 3.8) is 0 Å². The van der Waals surface area contributed by atoms with Crippen molar-refractivity contribution < 1.29 is 9.31 Å². The van der Waals surface area contributed by atoms with E-state index in [4.69, 9.17) is 0 Å². The number of rotatable bonds is 1. The number of hydrogen-bond donors (Lipinski definition) is 0. The average Bonchev–Trinajstić information content (AvgIpc) is 2.13. The molecule has 0 spiro atoms. The lowest BCUT2D eigenvalue weighted by Crippen LogP contribution is -2.24. The fourth-order valence-electron chi connectivity index (χ4n) is 1.13. The molecule has 1 aliphatic rings. The van der Waals surface area contributed by atoms with Crippen LogP contribution in [0.3, 0.4) is 0 Å². The van der Waals surface area contributed by atoms with Crippen LogP contribution in [0, 0.1) is 10.1 Å². The van der Waals surface area contributed by atoms with Crippen molar-refractivity contribution >= 4 is 0 Å². The van der Waals surface area contributed by atoms with Gasteiger partial charge in [-0.25, -0.2) is 4.39 Å². The molecule has 0 aromatic carbocycles. The average molecular weight is 133 g/mol. The fraction of sp³-hybridized carbons (Fsp3) is 1.00. The molecule has 9 heavy (non-hydrogen) atoms. The van der Waals surface area contributed by atoms with Gasteiger partial charge in [0.1, 0.15) is 0 Å². The molecule has 52 valence electrons. The summed E-state index contributed by atoms with van der Waals surface area (Å²) in [6, 6.07) is -0.912. The highest BCUT2D eigenvalue weighted by atomic mass is 19.1. The smallest absolute Gasteiger partial charge is 0.243 e. The van der Waals surface area contributed by atoms with Gasteiger partial charge in [0.15, 0.2) is 6.17 Å². The summed E-state index contributed by atoms with van der Waals surface area (Å²) in [5.74, 6) is 0. The molecular weight excluding hydrogens is 125 g/mol. The fourth-order valence-corrected chi connectivity index (χ4v) is 1.13. The number of nitro groups is 1. The summed E-state index contributed by atoms with van der Waals surface area (Å²) in [5.41, 5.74) is 0. The van der Waals surface area contributed by atoms with Crippen molar-refractivity contribution in [2.45, 2.75) is 31.5 Å². The minimum Gasteiger partial charge on any atom is -0.264 e. The number of halogens is 1. The Kier molecular flexibility index (Phi) is 1.64. The Balaban J connectivity index is 2.49. The van der Waals surface area contributed by atoms with Crippen LogP contribution >= 0.6 is 0 Å². The van der Waals surface area contributed by atoms with Crippen molar-refractivity contribution in [1.82, 2.24) is 0 Å². The summed E-state index contributed by atoms with van der Waals surface area (Å²) in [5, 5.41) is 9.98. The van der Waals surface area contributed by atoms with Crippen LogP contribution in [0.15, 0.2) is 0 Å². The summed E-state index contributed by atoms with van der Waals surface area (Å²) >= 11 is 0. The topological polar surface area (TPSA) is 43.1 Å². The van der Waals surface area contributed by atoms with Crippen molar-refractivity contribution in [1.29, 1.82) is 0 Å². The Bertz CT molecular complexity index is 128. The van der Waals surface area contributed by atoms with Crippen LogP contribution in [0.1, 0.15) is 19.3 Å². The second-order valence-corrected chi connectivity index (χ2v) is 2.30. The molecule has 1 aliphatic carbocycles. The van der Waals surface area contributed by atoms with E-state index in [0.29, 0.717) is 19.3 Å². The predicted octanol–water partition coefficient (Wildman–Crippen LogP) is 1.15. The van der Waals surface area contributed by atoms with Crippen LogP contribution in [0.2, 0.25) is 0 Å². The van der Waals surface area contributed by atoms with Gasteiger partial charge in [-0.15, -0.1) is 0 Å². The van der Waals surface area contributed by atoms with Gasteiger partial charge >= 0.3 is 0 Å². The maximum absolute atomic E-state index is 12.4. The van der Waals surface area contributed by atoms with Gasteiger partial charge in [0.2, 0.25) is 6.04 Å². The lowest BCUT2D eigenvalue weighted by atomic mass is 10.2. The molecule has 0 saturated heterocycles. The molecule has 4 heteroatoms. The molecule has 0 unspecified atom stereocenters. The molecule has 0 heterocycles. The summed E-state index contributed by atoms with van der Waals surface area (Å²) in [6.45, 7) is 0. The Morgan fingerprint density at radius 2 is 2.22 bits per heavy atom. The van der Waals surface area contributed by atoms with Crippen molar-refractivity contribution in [2.75, 3.05) is 0 Å². The summed E-state index contributed by atoms with van der Waals surface area (Å²) in [7, 11) is 0. The SMILES string of the molecule is O=[N+]([O-])[C@@H]1CCC[C@H]1F. The summed E-state index contributed by atoms with van der Waals surface area (Å²) in [6.07, 6.45) is 0.243. The standard InChI is InChI=1S/C5H8FNO2/c6-4-2-1-3-5(4)7(8)9/h4-5H,1-3H2/t4-,5-/m1/s1. The normalized spacial score (nSPS) is 34.8. The molecule has 0 aliphatic heterocycles. The van der Waals surface area contributed by atoms with Crippen LogP contribution in [0.4, 0.5) is 4.39 Å². The van der Waals surface area contributed by atoms with Gasteiger partial charge < -0.3 is 0 Å². The first kappa shape index (κ1) is 6.45. The third-order valence-corrected chi connectivity index (χ3v) is 1.67. The molecule has 0 aromatic rings. The van der Waals surface area contributed by atoms with E-state index in [1.807, 2.05) is 0 Å². The molecule has 1 rings (SSSR count). The van der Waals surface area contributed by atoms with Gasteiger partial charge in [-0.05, 0) is 12.8 Å². The van der Waals surface area contributed by atoms with E-state index in [9.17, 15) is 14.5 Å². The van der Waals surface area contributed by atoms with Gasteiger partial charge in [-0.2, -0.15) is 0 Å². The van der Waals surface area contributed by atoms with Crippen molar-refractivity contribution in [3.05, 3.63) is 10.1 Å². The third-order valence-electron chi connectivity index (χ3n) is 1.67. The molecule has 3 nitrogen and oxygen atoms in total. The molecule has 2 atom stereocenters. The number of alkyl halides is 1. The molecule has 0 N–H and O–H groups in total. The van der Waals surface area contributed by atoms with Gasteiger partial charge in [-0.1, -0.05) is 0 Å². The lowest BCUT2D eigenvalue weighted by Gasteiger charge is -2.01. The summed E-state index contributed by atoms with van der Waals surface area (Å²) in [4.78, 5) is 9.46. The van der Waals surface area contributed by atoms with Gasteiger partial charge in [0.25, 0.3) is 0 Å². The van der Waals surface area contributed by atoms with E-state index in [1.165, 1.54) is 0 Å². The quantitative estimate of drug-likeness (QED) is 0.398.